The van der Waals surface area contributed by atoms with Gasteiger partial charge in [-0.1, -0.05) is 11.6 Å². The van der Waals surface area contributed by atoms with E-state index in [4.69, 9.17) is 16.3 Å². The van der Waals surface area contributed by atoms with Gasteiger partial charge in [-0.25, -0.2) is 13.6 Å². The summed E-state index contributed by atoms with van der Waals surface area (Å²) in [6, 6.07) is 2.92. The lowest BCUT2D eigenvalue weighted by molar-refractivity contribution is -0.160. The number of hydrogen-bond donors (Lipinski definition) is 2. The third-order valence-corrected chi connectivity index (χ3v) is 5.11. The monoisotopic (exact) mass is 415 g/mol. The zero-order valence-electron chi connectivity index (χ0n) is 16.0. The smallest absolute Gasteiger partial charge is 0.410 e. The number of halogens is 3. The SMILES string of the molecule is CC(C)(C)OC(=O)N1CCC(C(F)(F)[C@@H](O)c2cc(Cl)cc3cn[nH]c23)CC1. The number of fused-ring (bicyclic) bond motifs is 1. The highest BCUT2D eigenvalue weighted by atomic mass is 35.5. The number of benzene rings is 1. The Kier molecular flexibility index (Phi) is 5.55. The van der Waals surface area contributed by atoms with E-state index >= 15 is 8.78 Å². The zero-order chi connectivity index (χ0) is 20.7. The van der Waals surface area contributed by atoms with Crippen molar-refractivity contribution in [3.05, 3.63) is 28.9 Å². The number of aliphatic hydroxyl groups excluding tert-OH is 1. The van der Waals surface area contributed by atoms with Crippen LogP contribution in [0.2, 0.25) is 5.02 Å². The predicted octanol–water partition coefficient (Wildman–Crippen LogP) is 4.53. The topological polar surface area (TPSA) is 78.4 Å². The number of carbonyl (C=O) groups excluding carboxylic acids is 1. The quantitative estimate of drug-likeness (QED) is 0.771. The van der Waals surface area contributed by atoms with Crippen molar-refractivity contribution >= 4 is 28.6 Å². The number of ether oxygens (including phenoxy) is 1. The molecule has 3 rings (SSSR count). The van der Waals surface area contributed by atoms with Crippen LogP contribution in [0, 0.1) is 5.92 Å². The van der Waals surface area contributed by atoms with Crippen molar-refractivity contribution in [2.75, 3.05) is 13.1 Å². The third kappa shape index (κ3) is 4.22. The Labute approximate surface area is 166 Å². The number of carbonyl (C=O) groups is 1. The first-order valence-corrected chi connectivity index (χ1v) is 9.53. The molecular weight excluding hydrogens is 392 g/mol. The fraction of sp³-hybridized carbons (Fsp3) is 0.579. The standard InChI is InChI=1S/C19H24ClF2N3O3/c1-18(2,3)28-17(27)25-6-4-12(5-7-25)19(21,22)16(26)14-9-13(20)8-11-10-23-24-15(11)14/h8-10,12,16,26H,4-7H2,1-3H3,(H,23,24)/t16-/m0/s1. The molecule has 6 nitrogen and oxygen atoms in total. The second-order valence-electron chi connectivity index (χ2n) is 8.15. The summed E-state index contributed by atoms with van der Waals surface area (Å²) in [5.41, 5.74) is -0.293. The molecule has 0 radical (unpaired) electrons. The molecule has 1 saturated heterocycles. The van der Waals surface area contributed by atoms with Gasteiger partial charge in [0.1, 0.15) is 11.7 Å². The summed E-state index contributed by atoms with van der Waals surface area (Å²) in [5.74, 6) is -4.46. The number of aromatic nitrogens is 2. The second-order valence-corrected chi connectivity index (χ2v) is 8.58. The van der Waals surface area contributed by atoms with E-state index in [0.29, 0.717) is 10.9 Å². The average molecular weight is 416 g/mol. The summed E-state index contributed by atoms with van der Waals surface area (Å²) in [4.78, 5) is 13.5. The molecule has 1 atom stereocenters. The third-order valence-electron chi connectivity index (χ3n) is 4.89. The van der Waals surface area contributed by atoms with Gasteiger partial charge in [0, 0.05) is 35.0 Å². The lowest BCUT2D eigenvalue weighted by atomic mass is 9.85. The summed E-state index contributed by atoms with van der Waals surface area (Å²) in [6.45, 7) is 5.56. The van der Waals surface area contributed by atoms with Crippen molar-refractivity contribution in [3.63, 3.8) is 0 Å². The van der Waals surface area contributed by atoms with Gasteiger partial charge in [-0.3, -0.25) is 5.10 Å². The minimum atomic E-state index is -3.39. The highest BCUT2D eigenvalue weighted by Crippen LogP contribution is 2.44. The largest absolute Gasteiger partial charge is 0.444 e. The van der Waals surface area contributed by atoms with E-state index in [1.54, 1.807) is 26.8 Å². The molecule has 154 valence electrons. The van der Waals surface area contributed by atoms with Gasteiger partial charge in [0.15, 0.2) is 0 Å². The first kappa shape index (κ1) is 20.8. The molecule has 28 heavy (non-hydrogen) atoms. The number of piperidine rings is 1. The molecule has 2 heterocycles. The van der Waals surface area contributed by atoms with Gasteiger partial charge in [-0.2, -0.15) is 5.10 Å². The summed E-state index contributed by atoms with van der Waals surface area (Å²) < 4.78 is 35.5. The molecule has 9 heteroatoms. The molecule has 1 amide bonds. The van der Waals surface area contributed by atoms with Crippen LogP contribution < -0.4 is 0 Å². The number of aliphatic hydroxyl groups is 1. The summed E-state index contributed by atoms with van der Waals surface area (Å²) in [7, 11) is 0. The number of rotatable bonds is 3. The van der Waals surface area contributed by atoms with Crippen molar-refractivity contribution in [2.45, 2.75) is 51.2 Å². The fourth-order valence-electron chi connectivity index (χ4n) is 3.47. The van der Waals surface area contributed by atoms with Crippen molar-refractivity contribution in [3.8, 4) is 0 Å². The lowest BCUT2D eigenvalue weighted by Crippen LogP contribution is -2.46. The number of alkyl halides is 2. The van der Waals surface area contributed by atoms with Crippen LogP contribution in [0.15, 0.2) is 18.3 Å². The molecule has 1 fully saturated rings. The molecule has 0 spiro atoms. The van der Waals surface area contributed by atoms with Gasteiger partial charge in [0.2, 0.25) is 0 Å². The number of H-pyrrole nitrogens is 1. The summed E-state index contributed by atoms with van der Waals surface area (Å²) in [5, 5.41) is 17.8. The highest BCUT2D eigenvalue weighted by Gasteiger charge is 2.49. The molecule has 1 aromatic carbocycles. The van der Waals surface area contributed by atoms with Gasteiger partial charge in [-0.15, -0.1) is 0 Å². The molecule has 0 saturated carbocycles. The van der Waals surface area contributed by atoms with E-state index in [9.17, 15) is 9.90 Å². The average Bonchev–Trinajstić information content (AvgIpc) is 3.07. The molecule has 2 aromatic rings. The Hall–Kier alpha value is -1.93. The Bertz CT molecular complexity index is 858. The Morgan fingerprint density at radius 2 is 2.00 bits per heavy atom. The maximum atomic E-state index is 15.1. The lowest BCUT2D eigenvalue weighted by Gasteiger charge is -2.38. The van der Waals surface area contributed by atoms with E-state index in [1.807, 2.05) is 0 Å². The van der Waals surface area contributed by atoms with Crippen LogP contribution in [0.4, 0.5) is 13.6 Å². The van der Waals surface area contributed by atoms with Crippen molar-refractivity contribution in [2.24, 2.45) is 5.92 Å². The Balaban J connectivity index is 1.73. The maximum Gasteiger partial charge on any atom is 0.410 e. The number of hydrogen-bond acceptors (Lipinski definition) is 4. The molecule has 1 aliphatic heterocycles. The highest BCUT2D eigenvalue weighted by molar-refractivity contribution is 6.31. The van der Waals surface area contributed by atoms with Gasteiger partial charge < -0.3 is 14.7 Å². The van der Waals surface area contributed by atoms with Gasteiger partial charge in [0.25, 0.3) is 5.92 Å². The molecule has 0 bridgehead atoms. The normalized spacial score (nSPS) is 17.8. The van der Waals surface area contributed by atoms with Gasteiger partial charge in [0.05, 0.1) is 11.7 Å². The van der Waals surface area contributed by atoms with E-state index in [1.165, 1.54) is 17.2 Å². The maximum absolute atomic E-state index is 15.1. The predicted molar refractivity (Wildman–Crippen MR) is 102 cm³/mol. The van der Waals surface area contributed by atoms with Crippen molar-refractivity contribution in [1.82, 2.24) is 15.1 Å². The van der Waals surface area contributed by atoms with E-state index in [2.05, 4.69) is 10.2 Å². The Morgan fingerprint density at radius 1 is 1.36 bits per heavy atom. The van der Waals surface area contributed by atoms with Crippen LogP contribution in [-0.2, 0) is 4.74 Å². The number of likely N-dealkylation sites (tertiary alicyclic amines) is 1. The first-order valence-electron chi connectivity index (χ1n) is 9.15. The van der Waals surface area contributed by atoms with Crippen molar-refractivity contribution in [1.29, 1.82) is 0 Å². The second kappa shape index (κ2) is 7.48. The molecule has 1 aromatic heterocycles. The van der Waals surface area contributed by atoms with Crippen LogP contribution in [0.5, 0.6) is 0 Å². The van der Waals surface area contributed by atoms with Gasteiger partial charge in [-0.05, 0) is 45.7 Å². The van der Waals surface area contributed by atoms with Gasteiger partial charge >= 0.3 is 6.09 Å². The van der Waals surface area contributed by atoms with E-state index in [0.717, 1.165) is 0 Å². The zero-order valence-corrected chi connectivity index (χ0v) is 16.8. The van der Waals surface area contributed by atoms with Crippen LogP contribution in [0.25, 0.3) is 10.9 Å². The first-order chi connectivity index (χ1) is 13.0. The van der Waals surface area contributed by atoms with Crippen LogP contribution >= 0.6 is 11.6 Å². The minimum Gasteiger partial charge on any atom is -0.444 e. The number of nitrogens with zero attached hydrogens (tertiary/aromatic N) is 2. The Morgan fingerprint density at radius 3 is 2.61 bits per heavy atom. The van der Waals surface area contributed by atoms with Crippen LogP contribution in [-0.4, -0.2) is 50.9 Å². The minimum absolute atomic E-state index is 0.0135. The number of amides is 1. The van der Waals surface area contributed by atoms with Crippen molar-refractivity contribution < 1.29 is 23.4 Å². The van der Waals surface area contributed by atoms with Crippen LogP contribution in [0.1, 0.15) is 45.3 Å². The molecule has 2 N–H and O–H groups in total. The number of aromatic amines is 1. The van der Waals surface area contributed by atoms with E-state index in [-0.39, 0.29) is 36.5 Å². The molecular formula is C19H24ClF2N3O3. The molecule has 0 aliphatic carbocycles. The molecule has 0 unspecified atom stereocenters. The summed E-state index contributed by atoms with van der Waals surface area (Å²) >= 11 is 6.01. The van der Waals surface area contributed by atoms with E-state index < -0.39 is 29.6 Å². The van der Waals surface area contributed by atoms with Crippen LogP contribution in [0.3, 0.4) is 0 Å². The molecule has 1 aliphatic rings. The summed E-state index contributed by atoms with van der Waals surface area (Å²) in [6.07, 6.45) is -0.947. The fourth-order valence-corrected chi connectivity index (χ4v) is 3.70. The number of nitrogens with one attached hydrogen (secondary N) is 1.